The lowest BCUT2D eigenvalue weighted by molar-refractivity contribution is -0.139. The van der Waals surface area contributed by atoms with Gasteiger partial charge >= 0.3 is 12.1 Å². The predicted octanol–water partition coefficient (Wildman–Crippen LogP) is 2.69. The number of hydrogen-bond donors (Lipinski definition) is 0. The number of aromatic nitrogens is 1. The van der Waals surface area contributed by atoms with Gasteiger partial charge in [0.1, 0.15) is 5.56 Å². The molecule has 0 aliphatic heterocycles. The molecule has 1 heterocycles. The summed E-state index contributed by atoms with van der Waals surface area (Å²) in [5.74, 6) is -1.15. The maximum absolute atomic E-state index is 12.7. The molecule has 0 N–H and O–H groups in total. The number of carbonyl (C=O) groups is 1. The highest BCUT2D eigenvalue weighted by molar-refractivity contribution is 5.87. The number of alkyl halides is 3. The lowest BCUT2D eigenvalue weighted by Crippen LogP contribution is -2.09. The fourth-order valence-electron chi connectivity index (χ4n) is 1.28. The van der Waals surface area contributed by atoms with Crippen molar-refractivity contribution < 1.29 is 27.4 Å². The first-order valence-corrected chi connectivity index (χ1v) is 5.34. The second-order valence-corrected chi connectivity index (χ2v) is 3.41. The number of pyridine rings is 1. The number of methoxy groups -OCH3 is 1. The van der Waals surface area contributed by atoms with E-state index in [0.29, 0.717) is 0 Å². The summed E-state index contributed by atoms with van der Waals surface area (Å²) < 4.78 is 47.3. The van der Waals surface area contributed by atoms with E-state index in [0.717, 1.165) is 19.3 Å². The maximum Gasteiger partial charge on any atom is 0.421 e. The van der Waals surface area contributed by atoms with Crippen molar-refractivity contribution in [2.45, 2.75) is 13.1 Å². The van der Waals surface area contributed by atoms with Crippen molar-refractivity contribution in [3.8, 4) is 5.88 Å². The van der Waals surface area contributed by atoms with Crippen LogP contribution in [0, 0.1) is 0 Å². The van der Waals surface area contributed by atoms with E-state index in [1.807, 2.05) is 0 Å². The van der Waals surface area contributed by atoms with E-state index in [1.54, 1.807) is 6.92 Å². The molecule has 0 aliphatic carbocycles. The van der Waals surface area contributed by atoms with Gasteiger partial charge in [0.2, 0.25) is 5.88 Å². The monoisotopic (exact) mass is 275 g/mol. The van der Waals surface area contributed by atoms with Crippen LogP contribution in [0.3, 0.4) is 0 Å². The Balaban J connectivity index is 3.02. The molecule has 0 amide bonds. The van der Waals surface area contributed by atoms with Crippen LogP contribution in [0.4, 0.5) is 13.2 Å². The molecule has 0 saturated carbocycles. The summed E-state index contributed by atoms with van der Waals surface area (Å²) in [6, 6.07) is 0.849. The number of carbonyl (C=O) groups excluding carboxylic acids is 1. The molecule has 0 unspecified atom stereocenters. The van der Waals surface area contributed by atoms with Crippen LogP contribution in [0.1, 0.15) is 18.1 Å². The zero-order valence-electron chi connectivity index (χ0n) is 10.3. The van der Waals surface area contributed by atoms with Crippen molar-refractivity contribution in [3.63, 3.8) is 0 Å². The molecule has 0 saturated heterocycles. The van der Waals surface area contributed by atoms with Gasteiger partial charge in [-0.25, -0.2) is 9.78 Å². The van der Waals surface area contributed by atoms with Crippen LogP contribution in [0.25, 0.3) is 6.08 Å². The van der Waals surface area contributed by atoms with Crippen LogP contribution in [0.5, 0.6) is 5.88 Å². The van der Waals surface area contributed by atoms with Crippen LogP contribution in [-0.4, -0.2) is 24.7 Å². The topological polar surface area (TPSA) is 48.4 Å². The largest absolute Gasteiger partial charge is 0.481 e. The Morgan fingerprint density at radius 3 is 2.68 bits per heavy atom. The van der Waals surface area contributed by atoms with Crippen molar-refractivity contribution >= 4 is 12.0 Å². The summed E-state index contributed by atoms with van der Waals surface area (Å²) in [6.07, 6.45) is -1.18. The first-order chi connectivity index (χ1) is 8.88. The lowest BCUT2D eigenvalue weighted by atomic mass is 10.2. The summed E-state index contributed by atoms with van der Waals surface area (Å²) in [5.41, 5.74) is -0.873. The minimum absolute atomic E-state index is 0.126. The van der Waals surface area contributed by atoms with Gasteiger partial charge in [0.25, 0.3) is 0 Å². The Hall–Kier alpha value is -2.05. The predicted molar refractivity (Wildman–Crippen MR) is 61.5 cm³/mol. The zero-order valence-corrected chi connectivity index (χ0v) is 10.3. The summed E-state index contributed by atoms with van der Waals surface area (Å²) in [7, 11) is 1.10. The number of rotatable bonds is 4. The van der Waals surface area contributed by atoms with E-state index in [1.165, 1.54) is 12.3 Å². The van der Waals surface area contributed by atoms with Crippen LogP contribution in [0.15, 0.2) is 18.3 Å². The Morgan fingerprint density at radius 2 is 2.16 bits per heavy atom. The molecule has 7 heteroatoms. The van der Waals surface area contributed by atoms with Gasteiger partial charge in [-0.3, -0.25) is 0 Å². The molecule has 4 nitrogen and oxygen atoms in total. The van der Waals surface area contributed by atoms with Gasteiger partial charge in [0.15, 0.2) is 0 Å². The first kappa shape index (κ1) is 15.0. The number of esters is 1. The van der Waals surface area contributed by atoms with E-state index in [2.05, 4.69) is 14.5 Å². The van der Waals surface area contributed by atoms with Crippen molar-refractivity contribution in [1.29, 1.82) is 0 Å². The molecule has 0 atom stereocenters. The third-order valence-corrected chi connectivity index (χ3v) is 2.07. The van der Waals surface area contributed by atoms with Gasteiger partial charge in [-0.05, 0) is 24.6 Å². The van der Waals surface area contributed by atoms with Gasteiger partial charge in [0.05, 0.1) is 13.7 Å². The Bertz CT molecular complexity index is 484. The average Bonchev–Trinajstić information content (AvgIpc) is 2.35. The smallest absolute Gasteiger partial charge is 0.421 e. The molecule has 0 aromatic carbocycles. The second kappa shape index (κ2) is 6.21. The van der Waals surface area contributed by atoms with Crippen molar-refractivity contribution in [2.24, 2.45) is 0 Å². The fraction of sp³-hybridized carbons (Fsp3) is 0.333. The van der Waals surface area contributed by atoms with Gasteiger partial charge < -0.3 is 9.47 Å². The molecule has 0 bridgehead atoms. The van der Waals surface area contributed by atoms with E-state index >= 15 is 0 Å². The fourth-order valence-corrected chi connectivity index (χ4v) is 1.28. The van der Waals surface area contributed by atoms with Gasteiger partial charge in [-0.1, -0.05) is 0 Å². The van der Waals surface area contributed by atoms with Crippen LogP contribution in [-0.2, 0) is 15.7 Å². The normalized spacial score (nSPS) is 11.6. The summed E-state index contributed by atoms with van der Waals surface area (Å²) >= 11 is 0. The lowest BCUT2D eigenvalue weighted by Gasteiger charge is -2.11. The molecular weight excluding hydrogens is 263 g/mol. The molecular formula is C12H12F3NO3. The second-order valence-electron chi connectivity index (χ2n) is 3.41. The standard InChI is InChI=1S/C12H12F3NO3/c1-3-19-10(17)5-4-8-6-9(12(13,14)15)11(18-2)16-7-8/h4-7H,3H2,1-2H3/b5-4+. The highest BCUT2D eigenvalue weighted by Gasteiger charge is 2.35. The van der Waals surface area contributed by atoms with E-state index in [4.69, 9.17) is 0 Å². The summed E-state index contributed by atoms with van der Waals surface area (Å²) in [5, 5.41) is 0. The molecule has 0 aliphatic rings. The van der Waals surface area contributed by atoms with Crippen molar-refractivity contribution in [2.75, 3.05) is 13.7 Å². The summed E-state index contributed by atoms with van der Waals surface area (Å²) in [4.78, 5) is 14.6. The Morgan fingerprint density at radius 1 is 1.47 bits per heavy atom. The highest BCUT2D eigenvalue weighted by Crippen LogP contribution is 2.35. The highest BCUT2D eigenvalue weighted by atomic mass is 19.4. The Kier molecular flexibility index (Phi) is 4.91. The molecule has 1 aromatic rings. The number of halogens is 3. The van der Waals surface area contributed by atoms with Crippen LogP contribution < -0.4 is 4.74 Å². The van der Waals surface area contributed by atoms with Crippen molar-refractivity contribution in [1.82, 2.24) is 4.98 Å². The van der Waals surface area contributed by atoms with Crippen LogP contribution in [0.2, 0.25) is 0 Å². The van der Waals surface area contributed by atoms with Gasteiger partial charge in [-0.2, -0.15) is 13.2 Å². The quantitative estimate of drug-likeness (QED) is 0.626. The van der Waals surface area contributed by atoms with E-state index in [-0.39, 0.29) is 12.2 Å². The van der Waals surface area contributed by atoms with E-state index in [9.17, 15) is 18.0 Å². The molecule has 104 valence electrons. The third kappa shape index (κ3) is 4.27. The minimum atomic E-state index is -4.58. The summed E-state index contributed by atoms with van der Waals surface area (Å²) in [6.45, 7) is 1.82. The number of nitrogens with zero attached hydrogens (tertiary/aromatic N) is 1. The van der Waals surface area contributed by atoms with Gasteiger partial charge in [-0.15, -0.1) is 0 Å². The molecule has 0 radical (unpaired) electrons. The molecule has 19 heavy (non-hydrogen) atoms. The maximum atomic E-state index is 12.7. The number of ether oxygens (including phenoxy) is 2. The molecule has 0 spiro atoms. The SMILES string of the molecule is CCOC(=O)/C=C/c1cnc(OC)c(C(F)(F)F)c1. The first-order valence-electron chi connectivity index (χ1n) is 5.34. The van der Waals surface area contributed by atoms with E-state index < -0.39 is 23.6 Å². The molecule has 0 fully saturated rings. The minimum Gasteiger partial charge on any atom is -0.481 e. The molecule has 1 aromatic heterocycles. The van der Waals surface area contributed by atoms with Crippen LogP contribution >= 0.6 is 0 Å². The van der Waals surface area contributed by atoms with Gasteiger partial charge in [0, 0.05) is 12.3 Å². The number of hydrogen-bond acceptors (Lipinski definition) is 4. The van der Waals surface area contributed by atoms with Crippen molar-refractivity contribution in [3.05, 3.63) is 29.5 Å². The Labute approximate surface area is 107 Å². The zero-order chi connectivity index (χ0) is 14.5. The third-order valence-electron chi connectivity index (χ3n) is 2.07. The molecule has 1 rings (SSSR count). The average molecular weight is 275 g/mol.